The van der Waals surface area contributed by atoms with Crippen LogP contribution in [0.2, 0.25) is 0 Å². The topological polar surface area (TPSA) is 41.5 Å². The SMILES string of the molecule is C[C@@H](CNC(=O)CSC1=Nc2ccccc2CS1)c1ccccc1. The number of fused-ring (bicyclic) bond motifs is 1. The smallest absolute Gasteiger partial charge is 0.230 e. The summed E-state index contributed by atoms with van der Waals surface area (Å²) < 4.78 is 0.972. The minimum absolute atomic E-state index is 0.0601. The number of rotatable bonds is 5. The van der Waals surface area contributed by atoms with Crippen LogP contribution in [0.25, 0.3) is 0 Å². The summed E-state index contributed by atoms with van der Waals surface area (Å²) in [7, 11) is 0. The number of hydrogen-bond acceptors (Lipinski definition) is 4. The summed E-state index contributed by atoms with van der Waals surface area (Å²) in [6.45, 7) is 2.78. The molecule has 0 fully saturated rings. The van der Waals surface area contributed by atoms with E-state index in [0.717, 1.165) is 15.8 Å². The van der Waals surface area contributed by atoms with E-state index in [1.807, 2.05) is 36.4 Å². The normalized spacial score (nSPS) is 14.5. The van der Waals surface area contributed by atoms with Crippen LogP contribution < -0.4 is 5.32 Å². The monoisotopic (exact) mass is 356 g/mol. The quantitative estimate of drug-likeness (QED) is 0.853. The Bertz CT molecular complexity index is 731. The van der Waals surface area contributed by atoms with E-state index in [1.54, 1.807) is 11.8 Å². The van der Waals surface area contributed by atoms with Gasteiger partial charge in [-0.25, -0.2) is 4.99 Å². The van der Waals surface area contributed by atoms with Gasteiger partial charge in [0, 0.05) is 12.3 Å². The van der Waals surface area contributed by atoms with Crippen molar-refractivity contribution in [2.24, 2.45) is 4.99 Å². The Hall–Kier alpha value is -1.72. The number of benzene rings is 2. The molecule has 1 amide bonds. The lowest BCUT2D eigenvalue weighted by molar-refractivity contribution is -0.118. The van der Waals surface area contributed by atoms with E-state index in [2.05, 4.69) is 35.4 Å². The number of thioether (sulfide) groups is 2. The number of nitrogens with one attached hydrogen (secondary N) is 1. The maximum atomic E-state index is 12.1. The van der Waals surface area contributed by atoms with Gasteiger partial charge in [-0.15, -0.1) is 0 Å². The van der Waals surface area contributed by atoms with Gasteiger partial charge in [-0.3, -0.25) is 4.79 Å². The lowest BCUT2D eigenvalue weighted by Crippen LogP contribution is -2.29. The lowest BCUT2D eigenvalue weighted by Gasteiger charge is -2.15. The maximum absolute atomic E-state index is 12.1. The van der Waals surface area contributed by atoms with Gasteiger partial charge in [-0.05, 0) is 23.1 Å². The molecule has 2 aromatic rings. The molecule has 0 aromatic heterocycles. The second-order valence-electron chi connectivity index (χ2n) is 5.70. The Kier molecular flexibility index (Phi) is 5.99. The van der Waals surface area contributed by atoms with Gasteiger partial charge < -0.3 is 5.32 Å². The van der Waals surface area contributed by atoms with Crippen LogP contribution in [0.3, 0.4) is 0 Å². The van der Waals surface area contributed by atoms with Crippen LogP contribution in [0.1, 0.15) is 24.0 Å². The fourth-order valence-corrected chi connectivity index (χ4v) is 4.32. The van der Waals surface area contributed by atoms with Crippen LogP contribution in [0.4, 0.5) is 5.69 Å². The van der Waals surface area contributed by atoms with Crippen molar-refractivity contribution in [1.29, 1.82) is 0 Å². The van der Waals surface area contributed by atoms with E-state index in [1.165, 1.54) is 22.9 Å². The van der Waals surface area contributed by atoms with Gasteiger partial charge in [0.05, 0.1) is 11.4 Å². The third kappa shape index (κ3) is 4.65. The molecule has 1 aliphatic rings. The Morgan fingerprint density at radius 3 is 2.79 bits per heavy atom. The fourth-order valence-electron chi connectivity index (χ4n) is 2.43. The lowest BCUT2D eigenvalue weighted by atomic mass is 10.0. The molecule has 0 saturated heterocycles. The molecule has 0 spiro atoms. The molecule has 1 atom stereocenters. The van der Waals surface area contributed by atoms with Gasteiger partial charge in [0.15, 0.2) is 0 Å². The summed E-state index contributed by atoms with van der Waals surface area (Å²) in [4.78, 5) is 16.7. The highest BCUT2D eigenvalue weighted by atomic mass is 32.2. The standard InChI is InChI=1S/C19H20N2OS2/c1-14(15-7-3-2-4-8-15)11-20-18(22)13-24-19-21-17-10-6-5-9-16(17)12-23-19/h2-10,14H,11-13H2,1H3,(H,20,22)/t14-/m0/s1. The number of nitrogens with zero attached hydrogens (tertiary/aromatic N) is 1. The van der Waals surface area contributed by atoms with Gasteiger partial charge in [0.25, 0.3) is 0 Å². The highest BCUT2D eigenvalue weighted by Crippen LogP contribution is 2.34. The van der Waals surface area contributed by atoms with Crippen LogP contribution >= 0.6 is 23.5 Å². The highest BCUT2D eigenvalue weighted by Gasteiger charge is 2.14. The van der Waals surface area contributed by atoms with Crippen LogP contribution in [-0.2, 0) is 10.5 Å². The summed E-state index contributed by atoms with van der Waals surface area (Å²) in [5.74, 6) is 1.71. The number of para-hydroxylation sites is 1. The van der Waals surface area contributed by atoms with E-state index in [4.69, 9.17) is 0 Å². The Morgan fingerprint density at radius 2 is 1.96 bits per heavy atom. The molecule has 3 rings (SSSR count). The van der Waals surface area contributed by atoms with E-state index >= 15 is 0 Å². The van der Waals surface area contributed by atoms with Gasteiger partial charge >= 0.3 is 0 Å². The Balaban J connectivity index is 1.46. The zero-order valence-corrected chi connectivity index (χ0v) is 15.2. The molecule has 5 heteroatoms. The molecule has 1 aliphatic heterocycles. The van der Waals surface area contributed by atoms with Gasteiger partial charge in [0.1, 0.15) is 4.38 Å². The second kappa shape index (κ2) is 8.40. The molecule has 0 radical (unpaired) electrons. The van der Waals surface area contributed by atoms with E-state index < -0.39 is 0 Å². The summed E-state index contributed by atoms with van der Waals surface area (Å²) in [6, 6.07) is 18.4. The molecule has 3 nitrogen and oxygen atoms in total. The van der Waals surface area contributed by atoms with Crippen LogP contribution in [0.5, 0.6) is 0 Å². The van der Waals surface area contributed by atoms with Crippen molar-refractivity contribution >= 4 is 39.5 Å². The van der Waals surface area contributed by atoms with Gasteiger partial charge in [-0.1, -0.05) is 79.0 Å². The van der Waals surface area contributed by atoms with Crippen molar-refractivity contribution in [2.75, 3.05) is 12.3 Å². The van der Waals surface area contributed by atoms with Crippen molar-refractivity contribution in [3.8, 4) is 0 Å². The first-order valence-corrected chi connectivity index (χ1v) is 9.93. The third-order valence-electron chi connectivity index (χ3n) is 3.86. The summed E-state index contributed by atoms with van der Waals surface area (Å²) in [5.41, 5.74) is 3.53. The molecular formula is C19H20N2OS2. The Labute approximate surface area is 151 Å². The van der Waals surface area contributed by atoms with Crippen LogP contribution in [0, 0.1) is 0 Å². The first kappa shape index (κ1) is 17.1. The zero-order valence-electron chi connectivity index (χ0n) is 13.6. The molecular weight excluding hydrogens is 336 g/mol. The number of carbonyl (C=O) groups is 1. The predicted molar refractivity (Wildman–Crippen MR) is 105 cm³/mol. The summed E-state index contributed by atoms with van der Waals surface area (Å²) >= 11 is 3.22. The van der Waals surface area contributed by atoms with Crippen molar-refractivity contribution in [3.63, 3.8) is 0 Å². The van der Waals surface area contributed by atoms with Crippen molar-refractivity contribution in [3.05, 3.63) is 65.7 Å². The first-order valence-electron chi connectivity index (χ1n) is 7.96. The molecule has 0 saturated carbocycles. The second-order valence-corrected chi connectivity index (χ2v) is 7.89. The molecule has 0 unspecified atom stereocenters. The molecule has 1 heterocycles. The molecule has 2 aromatic carbocycles. The van der Waals surface area contributed by atoms with Crippen molar-refractivity contribution in [2.45, 2.75) is 18.6 Å². The largest absolute Gasteiger partial charge is 0.355 e. The highest BCUT2D eigenvalue weighted by molar-refractivity contribution is 8.38. The average molecular weight is 357 g/mol. The van der Waals surface area contributed by atoms with Crippen molar-refractivity contribution in [1.82, 2.24) is 5.32 Å². The number of amides is 1. The van der Waals surface area contributed by atoms with Crippen LogP contribution in [-0.4, -0.2) is 22.6 Å². The van der Waals surface area contributed by atoms with Gasteiger partial charge in [0.2, 0.25) is 5.91 Å². The minimum Gasteiger partial charge on any atom is -0.355 e. The molecule has 24 heavy (non-hydrogen) atoms. The maximum Gasteiger partial charge on any atom is 0.230 e. The Morgan fingerprint density at radius 1 is 1.21 bits per heavy atom. The van der Waals surface area contributed by atoms with E-state index in [9.17, 15) is 4.79 Å². The average Bonchev–Trinajstić information content (AvgIpc) is 2.65. The van der Waals surface area contributed by atoms with Gasteiger partial charge in [-0.2, -0.15) is 0 Å². The number of carbonyl (C=O) groups excluding carboxylic acids is 1. The molecule has 0 bridgehead atoms. The first-order chi connectivity index (χ1) is 11.7. The molecule has 1 N–H and O–H groups in total. The third-order valence-corrected chi connectivity index (χ3v) is 6.10. The van der Waals surface area contributed by atoms with Crippen LogP contribution in [0.15, 0.2) is 59.6 Å². The minimum atomic E-state index is 0.0601. The predicted octanol–water partition coefficient (Wildman–Crippen LogP) is 4.57. The number of aliphatic imine (C=N–C) groups is 1. The van der Waals surface area contributed by atoms with E-state index in [0.29, 0.717) is 18.2 Å². The molecule has 124 valence electrons. The zero-order chi connectivity index (χ0) is 16.8. The molecule has 0 aliphatic carbocycles. The fraction of sp³-hybridized carbons (Fsp3) is 0.263. The summed E-state index contributed by atoms with van der Waals surface area (Å²) in [6.07, 6.45) is 0. The number of hydrogen-bond donors (Lipinski definition) is 1. The summed E-state index contributed by atoms with van der Waals surface area (Å²) in [5, 5.41) is 3.02. The van der Waals surface area contributed by atoms with E-state index in [-0.39, 0.29) is 5.91 Å². The van der Waals surface area contributed by atoms with Crippen molar-refractivity contribution < 1.29 is 4.79 Å².